The number of ether oxygens (including phenoxy) is 1. The summed E-state index contributed by atoms with van der Waals surface area (Å²) in [5.74, 6) is 0. The molecule has 2 saturated heterocycles. The molecular weight excluding hydrogens is 238 g/mol. The summed E-state index contributed by atoms with van der Waals surface area (Å²) in [5, 5.41) is 3.59. The Hall–Kier alpha value is -0.160. The molecule has 0 aromatic rings. The van der Waals surface area contributed by atoms with Gasteiger partial charge in [-0.1, -0.05) is 6.92 Å². The van der Waals surface area contributed by atoms with Gasteiger partial charge < -0.3 is 10.1 Å². The Labute approximate surface area is 118 Å². The summed E-state index contributed by atoms with van der Waals surface area (Å²) in [6.45, 7) is 14.5. The molecule has 2 atom stereocenters. The quantitative estimate of drug-likeness (QED) is 0.783. The van der Waals surface area contributed by atoms with Gasteiger partial charge in [-0.2, -0.15) is 0 Å². The van der Waals surface area contributed by atoms with Crippen molar-refractivity contribution in [3.63, 3.8) is 0 Å². The molecule has 4 heteroatoms. The minimum Gasteiger partial charge on any atom is -0.374 e. The summed E-state index contributed by atoms with van der Waals surface area (Å²) in [6, 6.07) is 1.34. The first kappa shape index (κ1) is 15.2. The zero-order valence-electron chi connectivity index (χ0n) is 12.9. The van der Waals surface area contributed by atoms with Crippen LogP contribution in [-0.4, -0.2) is 73.9 Å². The Bertz CT molecular complexity index is 252. The summed E-state index contributed by atoms with van der Waals surface area (Å²) in [4.78, 5) is 5.09. The highest BCUT2D eigenvalue weighted by molar-refractivity contribution is 4.81. The lowest BCUT2D eigenvalue weighted by Gasteiger charge is -2.38. The highest BCUT2D eigenvalue weighted by Crippen LogP contribution is 2.12. The fourth-order valence-corrected chi connectivity index (χ4v) is 3.17. The first-order valence-corrected chi connectivity index (χ1v) is 8.00. The van der Waals surface area contributed by atoms with Crippen LogP contribution in [0.3, 0.4) is 0 Å². The predicted molar refractivity (Wildman–Crippen MR) is 79.6 cm³/mol. The fraction of sp³-hybridized carbons (Fsp3) is 1.00. The monoisotopic (exact) mass is 269 g/mol. The van der Waals surface area contributed by atoms with Gasteiger partial charge in [0.2, 0.25) is 0 Å². The van der Waals surface area contributed by atoms with E-state index in [1.807, 2.05) is 0 Å². The second kappa shape index (κ2) is 7.58. The molecule has 2 rings (SSSR count). The highest BCUT2D eigenvalue weighted by Gasteiger charge is 2.25. The van der Waals surface area contributed by atoms with Crippen LogP contribution < -0.4 is 5.32 Å². The molecule has 0 aromatic carbocycles. The first-order chi connectivity index (χ1) is 9.19. The smallest absolute Gasteiger partial charge is 0.0829 e. The van der Waals surface area contributed by atoms with Crippen molar-refractivity contribution < 1.29 is 4.74 Å². The molecule has 2 aliphatic rings. The van der Waals surface area contributed by atoms with Crippen LogP contribution in [0.5, 0.6) is 0 Å². The molecule has 0 aliphatic carbocycles. The van der Waals surface area contributed by atoms with Gasteiger partial charge in [0.1, 0.15) is 0 Å². The summed E-state index contributed by atoms with van der Waals surface area (Å²) < 4.78 is 5.95. The number of nitrogens with one attached hydrogen (secondary N) is 1. The van der Waals surface area contributed by atoms with Gasteiger partial charge >= 0.3 is 0 Å². The van der Waals surface area contributed by atoms with Crippen molar-refractivity contribution in [1.29, 1.82) is 0 Å². The van der Waals surface area contributed by atoms with Crippen LogP contribution in [0.4, 0.5) is 0 Å². The molecule has 0 amide bonds. The van der Waals surface area contributed by atoms with E-state index >= 15 is 0 Å². The van der Waals surface area contributed by atoms with E-state index in [-0.39, 0.29) is 0 Å². The van der Waals surface area contributed by atoms with Crippen molar-refractivity contribution >= 4 is 0 Å². The maximum absolute atomic E-state index is 5.95. The van der Waals surface area contributed by atoms with Gasteiger partial charge in [0, 0.05) is 38.3 Å². The second-order valence-electron chi connectivity index (χ2n) is 6.23. The van der Waals surface area contributed by atoms with Crippen LogP contribution in [0.2, 0.25) is 0 Å². The SMILES string of the molecule is CCN(CC1CCCN1)CC1CN(C(C)C)CCO1. The Kier molecular flexibility index (Phi) is 6.07. The maximum atomic E-state index is 5.95. The Morgan fingerprint density at radius 3 is 2.84 bits per heavy atom. The average Bonchev–Trinajstić information content (AvgIpc) is 2.91. The topological polar surface area (TPSA) is 27.7 Å². The van der Waals surface area contributed by atoms with Gasteiger partial charge in [0.25, 0.3) is 0 Å². The van der Waals surface area contributed by atoms with Gasteiger partial charge in [-0.3, -0.25) is 9.80 Å². The van der Waals surface area contributed by atoms with E-state index in [9.17, 15) is 0 Å². The van der Waals surface area contributed by atoms with Gasteiger partial charge in [-0.05, 0) is 39.8 Å². The van der Waals surface area contributed by atoms with Crippen LogP contribution in [0.1, 0.15) is 33.6 Å². The van der Waals surface area contributed by atoms with E-state index in [2.05, 4.69) is 35.9 Å². The Morgan fingerprint density at radius 2 is 2.21 bits per heavy atom. The van der Waals surface area contributed by atoms with Crippen molar-refractivity contribution in [1.82, 2.24) is 15.1 Å². The molecule has 2 unspecified atom stereocenters. The molecule has 4 nitrogen and oxygen atoms in total. The minimum atomic E-state index is 0.387. The average molecular weight is 269 g/mol. The van der Waals surface area contributed by atoms with Gasteiger partial charge in [0.05, 0.1) is 12.7 Å². The molecule has 0 radical (unpaired) electrons. The van der Waals surface area contributed by atoms with Crippen molar-refractivity contribution in [2.75, 3.05) is 45.9 Å². The van der Waals surface area contributed by atoms with Crippen molar-refractivity contribution in [3.05, 3.63) is 0 Å². The summed E-state index contributed by atoms with van der Waals surface area (Å²) in [7, 11) is 0. The lowest BCUT2D eigenvalue weighted by molar-refractivity contribution is -0.0522. The van der Waals surface area contributed by atoms with Crippen LogP contribution >= 0.6 is 0 Å². The van der Waals surface area contributed by atoms with E-state index < -0.39 is 0 Å². The molecular formula is C15H31N3O. The first-order valence-electron chi connectivity index (χ1n) is 8.00. The number of nitrogens with zero attached hydrogens (tertiary/aromatic N) is 2. The molecule has 0 bridgehead atoms. The number of likely N-dealkylation sites (N-methyl/N-ethyl adjacent to an activating group) is 1. The van der Waals surface area contributed by atoms with Crippen LogP contribution in [-0.2, 0) is 4.74 Å². The molecule has 2 heterocycles. The van der Waals surface area contributed by atoms with Crippen molar-refractivity contribution in [3.8, 4) is 0 Å². The predicted octanol–water partition coefficient (Wildman–Crippen LogP) is 1.17. The van der Waals surface area contributed by atoms with Crippen LogP contribution in [0.25, 0.3) is 0 Å². The number of rotatable bonds is 6. The molecule has 2 fully saturated rings. The summed E-state index contributed by atoms with van der Waals surface area (Å²) in [6.07, 6.45) is 3.06. The lowest BCUT2D eigenvalue weighted by atomic mass is 10.2. The molecule has 0 aromatic heterocycles. The van der Waals surface area contributed by atoms with E-state index in [1.165, 1.54) is 25.9 Å². The zero-order chi connectivity index (χ0) is 13.7. The second-order valence-corrected chi connectivity index (χ2v) is 6.23. The van der Waals surface area contributed by atoms with Crippen LogP contribution in [0.15, 0.2) is 0 Å². The highest BCUT2D eigenvalue weighted by atomic mass is 16.5. The summed E-state index contributed by atoms with van der Waals surface area (Å²) in [5.41, 5.74) is 0. The van der Waals surface area contributed by atoms with E-state index in [0.717, 1.165) is 32.8 Å². The molecule has 19 heavy (non-hydrogen) atoms. The number of morpholine rings is 1. The van der Waals surface area contributed by atoms with Gasteiger partial charge in [-0.15, -0.1) is 0 Å². The normalized spacial score (nSPS) is 29.5. The summed E-state index contributed by atoms with van der Waals surface area (Å²) >= 11 is 0. The maximum Gasteiger partial charge on any atom is 0.0829 e. The number of hydrogen-bond acceptors (Lipinski definition) is 4. The third kappa shape index (κ3) is 4.71. The molecule has 1 N–H and O–H groups in total. The zero-order valence-corrected chi connectivity index (χ0v) is 12.9. The molecule has 112 valence electrons. The standard InChI is InChI=1S/C15H31N3O/c1-4-17(10-14-6-5-7-16-14)11-15-12-18(13(2)3)8-9-19-15/h13-16H,4-12H2,1-3H3. The number of hydrogen-bond donors (Lipinski definition) is 1. The van der Waals surface area contributed by atoms with Crippen LogP contribution in [0, 0.1) is 0 Å². The third-order valence-corrected chi connectivity index (χ3v) is 4.45. The lowest BCUT2D eigenvalue weighted by Crippen LogP contribution is -2.51. The van der Waals surface area contributed by atoms with Crippen molar-refractivity contribution in [2.24, 2.45) is 0 Å². The Morgan fingerprint density at radius 1 is 1.37 bits per heavy atom. The molecule has 0 spiro atoms. The van der Waals surface area contributed by atoms with E-state index in [0.29, 0.717) is 18.2 Å². The molecule has 2 aliphatic heterocycles. The minimum absolute atomic E-state index is 0.387. The van der Waals surface area contributed by atoms with Crippen molar-refractivity contribution in [2.45, 2.75) is 51.8 Å². The molecule has 0 saturated carbocycles. The van der Waals surface area contributed by atoms with E-state index in [4.69, 9.17) is 4.74 Å². The van der Waals surface area contributed by atoms with E-state index in [1.54, 1.807) is 0 Å². The van der Waals surface area contributed by atoms with Gasteiger partial charge in [-0.25, -0.2) is 0 Å². The fourth-order valence-electron chi connectivity index (χ4n) is 3.17. The third-order valence-electron chi connectivity index (χ3n) is 4.45. The largest absolute Gasteiger partial charge is 0.374 e. The van der Waals surface area contributed by atoms with Gasteiger partial charge in [0.15, 0.2) is 0 Å². The Balaban J connectivity index is 1.76.